The number of rotatable bonds is 6. The van der Waals surface area contributed by atoms with Crippen molar-refractivity contribution in [1.82, 2.24) is 14.9 Å². The van der Waals surface area contributed by atoms with E-state index in [9.17, 15) is 13.6 Å². The van der Waals surface area contributed by atoms with Gasteiger partial charge in [0.1, 0.15) is 5.82 Å². The summed E-state index contributed by atoms with van der Waals surface area (Å²) in [5.41, 5.74) is 2.46. The lowest BCUT2D eigenvalue weighted by atomic mass is 10.1. The maximum Gasteiger partial charge on any atom is 0.387 e. The first kappa shape index (κ1) is 19.9. The molecule has 1 amide bonds. The molecular weight excluding hydrogens is 392 g/mol. The van der Waals surface area contributed by atoms with Gasteiger partial charge in [0.15, 0.2) is 11.5 Å². The van der Waals surface area contributed by atoms with Crippen molar-refractivity contribution in [2.45, 2.75) is 25.5 Å². The molecule has 1 aromatic heterocycles. The first-order chi connectivity index (χ1) is 14.5. The van der Waals surface area contributed by atoms with Crippen LogP contribution < -0.4 is 9.47 Å². The summed E-state index contributed by atoms with van der Waals surface area (Å²) < 4.78 is 34.4. The van der Waals surface area contributed by atoms with Gasteiger partial charge in [0, 0.05) is 12.6 Å². The fourth-order valence-electron chi connectivity index (χ4n) is 3.69. The molecule has 1 N–H and O–H groups in total. The first-order valence-corrected chi connectivity index (χ1v) is 9.61. The van der Waals surface area contributed by atoms with E-state index in [4.69, 9.17) is 4.74 Å². The predicted molar refractivity (Wildman–Crippen MR) is 108 cm³/mol. The molecular formula is C22H21F2N3O3. The number of fused-ring (bicyclic) bond motifs is 1. The number of carbonyl (C=O) groups is 1. The molecule has 0 bridgehead atoms. The molecule has 1 saturated heterocycles. The standard InChI is InChI=1S/C22H21F2N3O3/c1-29-19-13-14(8-10-18(19)30-22(23)24)9-11-20(28)27-12-4-7-17(27)21-25-15-5-2-3-6-16(15)26-21/h2-3,5-6,8-11,13,17,22H,4,7,12H2,1H3,(H,25,26)/b11-9+/t17-/m1/s1. The molecule has 1 atom stereocenters. The van der Waals surface area contributed by atoms with Crippen molar-refractivity contribution in [3.63, 3.8) is 0 Å². The summed E-state index contributed by atoms with van der Waals surface area (Å²) in [4.78, 5) is 22.6. The van der Waals surface area contributed by atoms with E-state index in [1.54, 1.807) is 23.1 Å². The number of halogens is 2. The number of ether oxygens (including phenoxy) is 2. The van der Waals surface area contributed by atoms with Crippen LogP contribution in [0.4, 0.5) is 8.78 Å². The summed E-state index contributed by atoms with van der Waals surface area (Å²) >= 11 is 0. The van der Waals surface area contributed by atoms with Gasteiger partial charge in [0.25, 0.3) is 0 Å². The third kappa shape index (κ3) is 4.12. The number of nitrogens with zero attached hydrogens (tertiary/aromatic N) is 2. The SMILES string of the molecule is COc1cc(/C=C/C(=O)N2CCC[C@@H]2c2nc3ccccc3[nH]2)ccc1OC(F)F. The summed E-state index contributed by atoms with van der Waals surface area (Å²) in [6.07, 6.45) is 4.84. The molecule has 0 radical (unpaired) electrons. The maximum atomic E-state index is 12.8. The number of hydrogen-bond acceptors (Lipinski definition) is 4. The Morgan fingerprint density at radius 3 is 2.87 bits per heavy atom. The number of para-hydroxylation sites is 2. The average Bonchev–Trinajstić information content (AvgIpc) is 3.39. The van der Waals surface area contributed by atoms with Crippen LogP contribution >= 0.6 is 0 Å². The van der Waals surface area contributed by atoms with Crippen LogP contribution in [0.1, 0.15) is 30.3 Å². The Balaban J connectivity index is 1.50. The van der Waals surface area contributed by atoms with E-state index in [2.05, 4.69) is 14.7 Å². The van der Waals surface area contributed by atoms with Crippen molar-refractivity contribution < 1.29 is 23.0 Å². The quantitative estimate of drug-likeness (QED) is 0.602. The van der Waals surface area contributed by atoms with Crippen molar-refractivity contribution in [3.8, 4) is 11.5 Å². The average molecular weight is 413 g/mol. The number of likely N-dealkylation sites (tertiary alicyclic amines) is 1. The van der Waals surface area contributed by atoms with Gasteiger partial charge in [-0.1, -0.05) is 18.2 Å². The largest absolute Gasteiger partial charge is 0.493 e. The molecule has 30 heavy (non-hydrogen) atoms. The highest BCUT2D eigenvalue weighted by atomic mass is 19.3. The zero-order chi connectivity index (χ0) is 21.1. The maximum absolute atomic E-state index is 12.8. The van der Waals surface area contributed by atoms with Crippen LogP contribution in [0.2, 0.25) is 0 Å². The van der Waals surface area contributed by atoms with Crippen molar-refractivity contribution in [2.75, 3.05) is 13.7 Å². The lowest BCUT2D eigenvalue weighted by molar-refractivity contribution is -0.127. The van der Waals surface area contributed by atoms with Crippen LogP contribution in [0, 0.1) is 0 Å². The van der Waals surface area contributed by atoms with Crippen LogP contribution in [0.15, 0.2) is 48.5 Å². The molecule has 1 aliphatic rings. The molecule has 156 valence electrons. The lowest BCUT2D eigenvalue weighted by Crippen LogP contribution is -2.29. The minimum absolute atomic E-state index is 0.0551. The smallest absolute Gasteiger partial charge is 0.387 e. The fraction of sp³-hybridized carbons (Fsp3) is 0.273. The number of carbonyl (C=O) groups excluding carboxylic acids is 1. The van der Waals surface area contributed by atoms with Crippen LogP contribution in [0.3, 0.4) is 0 Å². The minimum atomic E-state index is -2.94. The Morgan fingerprint density at radius 1 is 1.27 bits per heavy atom. The number of alkyl halides is 2. The van der Waals surface area contributed by atoms with E-state index in [1.807, 2.05) is 24.3 Å². The summed E-state index contributed by atoms with van der Waals surface area (Å²) in [7, 11) is 1.37. The topological polar surface area (TPSA) is 67.5 Å². The van der Waals surface area contributed by atoms with Crippen molar-refractivity contribution in [3.05, 3.63) is 59.9 Å². The number of imidazole rings is 1. The third-order valence-electron chi connectivity index (χ3n) is 5.08. The molecule has 2 heterocycles. The zero-order valence-electron chi connectivity index (χ0n) is 16.3. The molecule has 1 aliphatic heterocycles. The highest BCUT2D eigenvalue weighted by Crippen LogP contribution is 2.32. The number of H-pyrrole nitrogens is 1. The zero-order valence-corrected chi connectivity index (χ0v) is 16.3. The molecule has 3 aromatic rings. The van der Waals surface area contributed by atoms with Crippen molar-refractivity contribution in [1.29, 1.82) is 0 Å². The summed E-state index contributed by atoms with van der Waals surface area (Å²) in [6.45, 7) is -2.29. The predicted octanol–water partition coefficient (Wildman–Crippen LogP) is 4.55. The molecule has 0 saturated carbocycles. The molecule has 1 fully saturated rings. The van der Waals surface area contributed by atoms with E-state index in [0.717, 1.165) is 29.7 Å². The summed E-state index contributed by atoms with van der Waals surface area (Å²) in [5.74, 6) is 0.766. The number of amides is 1. The normalized spacial score (nSPS) is 16.7. The van der Waals surface area contributed by atoms with E-state index in [1.165, 1.54) is 19.3 Å². The van der Waals surface area contributed by atoms with Crippen LogP contribution in [-0.2, 0) is 4.79 Å². The number of nitrogens with one attached hydrogen (secondary N) is 1. The van der Waals surface area contributed by atoms with Gasteiger partial charge >= 0.3 is 6.61 Å². The summed E-state index contributed by atoms with van der Waals surface area (Å²) in [6, 6.07) is 12.2. The fourth-order valence-corrected chi connectivity index (χ4v) is 3.69. The molecule has 6 nitrogen and oxygen atoms in total. The second-order valence-electron chi connectivity index (χ2n) is 6.95. The first-order valence-electron chi connectivity index (χ1n) is 9.61. The van der Waals surface area contributed by atoms with Crippen molar-refractivity contribution in [2.24, 2.45) is 0 Å². The van der Waals surface area contributed by atoms with Gasteiger partial charge in [0.05, 0.1) is 24.2 Å². The lowest BCUT2D eigenvalue weighted by Gasteiger charge is -2.21. The number of benzene rings is 2. The van der Waals surface area contributed by atoms with E-state index < -0.39 is 6.61 Å². The number of hydrogen-bond donors (Lipinski definition) is 1. The van der Waals surface area contributed by atoms with E-state index in [-0.39, 0.29) is 23.4 Å². The molecule has 8 heteroatoms. The Kier molecular flexibility index (Phi) is 5.65. The van der Waals surface area contributed by atoms with E-state index >= 15 is 0 Å². The summed E-state index contributed by atoms with van der Waals surface area (Å²) in [5, 5.41) is 0. The van der Waals surface area contributed by atoms with Gasteiger partial charge in [-0.15, -0.1) is 0 Å². The minimum Gasteiger partial charge on any atom is -0.493 e. The molecule has 2 aromatic carbocycles. The van der Waals surface area contributed by atoms with Gasteiger partial charge in [-0.3, -0.25) is 4.79 Å². The highest BCUT2D eigenvalue weighted by molar-refractivity contribution is 5.92. The Hall–Kier alpha value is -3.42. The van der Waals surface area contributed by atoms with Crippen LogP contribution in [0.5, 0.6) is 11.5 Å². The Bertz CT molecular complexity index is 1050. The van der Waals surface area contributed by atoms with Crippen LogP contribution in [-0.4, -0.2) is 41.0 Å². The molecule has 0 aliphatic carbocycles. The monoisotopic (exact) mass is 413 g/mol. The second-order valence-corrected chi connectivity index (χ2v) is 6.95. The van der Waals surface area contributed by atoms with Crippen LogP contribution in [0.25, 0.3) is 17.1 Å². The number of aromatic amines is 1. The highest BCUT2D eigenvalue weighted by Gasteiger charge is 2.31. The number of methoxy groups -OCH3 is 1. The van der Waals surface area contributed by atoms with Crippen molar-refractivity contribution >= 4 is 23.0 Å². The van der Waals surface area contributed by atoms with Gasteiger partial charge in [0.2, 0.25) is 5.91 Å². The molecule has 0 spiro atoms. The molecule has 4 rings (SSSR count). The number of aromatic nitrogens is 2. The second kappa shape index (κ2) is 8.52. The Morgan fingerprint density at radius 2 is 2.10 bits per heavy atom. The van der Waals surface area contributed by atoms with Gasteiger partial charge in [-0.2, -0.15) is 8.78 Å². The van der Waals surface area contributed by atoms with Gasteiger partial charge < -0.3 is 19.4 Å². The van der Waals surface area contributed by atoms with E-state index in [0.29, 0.717) is 12.1 Å². The van der Waals surface area contributed by atoms with Gasteiger partial charge in [-0.25, -0.2) is 4.98 Å². The molecule has 0 unspecified atom stereocenters. The third-order valence-corrected chi connectivity index (χ3v) is 5.08. The van der Waals surface area contributed by atoms with Gasteiger partial charge in [-0.05, 0) is 48.7 Å². The Labute approximate surface area is 172 Å².